The summed E-state index contributed by atoms with van der Waals surface area (Å²) < 4.78 is 12.7. The number of ether oxygens (including phenoxy) is 2. The highest BCUT2D eigenvalue weighted by Crippen LogP contribution is 2.29. The Hall–Kier alpha value is -5.44. The molecule has 0 unspecified atom stereocenters. The topological polar surface area (TPSA) is 111 Å². The van der Waals surface area contributed by atoms with Crippen LogP contribution < -0.4 is 20.3 Å². The van der Waals surface area contributed by atoms with Gasteiger partial charge in [-0.05, 0) is 78.9 Å². The Balaban J connectivity index is 1.29. The average Bonchev–Trinajstić information content (AvgIpc) is 3.44. The first-order valence-electron chi connectivity index (χ1n) is 11.8. The number of carbonyl (C=O) groups is 1. The van der Waals surface area contributed by atoms with Gasteiger partial charge in [0.05, 0.1) is 18.2 Å². The zero-order chi connectivity index (χ0) is 26.1. The van der Waals surface area contributed by atoms with E-state index in [0.29, 0.717) is 39.7 Å². The average molecular weight is 504 g/mol. The monoisotopic (exact) mass is 503 g/mol. The molecule has 4 aromatic heterocycles. The third-order valence-electron chi connectivity index (χ3n) is 6.10. The highest BCUT2D eigenvalue weighted by molar-refractivity contribution is 6.05. The number of anilines is 1. The van der Waals surface area contributed by atoms with Crippen LogP contribution in [0.5, 0.6) is 17.2 Å². The number of carbonyl (C=O) groups excluding carboxylic acids is 1. The van der Waals surface area contributed by atoms with Crippen LogP contribution in [-0.2, 0) is 0 Å². The van der Waals surface area contributed by atoms with Gasteiger partial charge in [0.2, 0.25) is 0 Å². The molecule has 186 valence electrons. The minimum absolute atomic E-state index is 0.00622. The van der Waals surface area contributed by atoms with E-state index in [0.717, 1.165) is 11.0 Å². The van der Waals surface area contributed by atoms with Crippen LogP contribution in [0.15, 0.2) is 102 Å². The van der Waals surface area contributed by atoms with Gasteiger partial charge in [-0.15, -0.1) is 0 Å². The van der Waals surface area contributed by atoms with Crippen LogP contribution >= 0.6 is 0 Å². The van der Waals surface area contributed by atoms with Gasteiger partial charge in [-0.3, -0.25) is 14.2 Å². The molecule has 2 N–H and O–H groups in total. The Morgan fingerprint density at radius 2 is 1.71 bits per heavy atom. The van der Waals surface area contributed by atoms with Crippen LogP contribution in [-0.4, -0.2) is 32.5 Å². The van der Waals surface area contributed by atoms with E-state index in [1.54, 1.807) is 92.4 Å². The van der Waals surface area contributed by atoms with Crippen molar-refractivity contribution in [3.63, 3.8) is 0 Å². The van der Waals surface area contributed by atoms with Gasteiger partial charge < -0.3 is 19.8 Å². The van der Waals surface area contributed by atoms with E-state index in [2.05, 4.69) is 20.3 Å². The van der Waals surface area contributed by atoms with Crippen LogP contribution in [0.3, 0.4) is 0 Å². The summed E-state index contributed by atoms with van der Waals surface area (Å²) >= 11 is 0. The number of H-pyrrole nitrogens is 1. The van der Waals surface area contributed by atoms with Gasteiger partial charge in [0.1, 0.15) is 34.1 Å². The second kappa shape index (κ2) is 9.55. The SMILES string of the molecule is COc1ccc(-n2c(=O)c(C(=O)Nc3ccc(Oc4ccnc5[nH]ccc45)cc3)cc3cccnc32)cc1. The maximum atomic E-state index is 13.5. The molecule has 0 radical (unpaired) electrons. The number of amides is 1. The number of nitrogens with one attached hydrogen (secondary N) is 2. The van der Waals surface area contributed by atoms with Crippen molar-refractivity contribution in [3.05, 3.63) is 113 Å². The molecule has 0 aliphatic carbocycles. The van der Waals surface area contributed by atoms with Crippen molar-refractivity contribution in [2.24, 2.45) is 0 Å². The lowest BCUT2D eigenvalue weighted by Gasteiger charge is -2.13. The predicted molar refractivity (Wildman–Crippen MR) is 144 cm³/mol. The highest BCUT2D eigenvalue weighted by atomic mass is 16.5. The highest BCUT2D eigenvalue weighted by Gasteiger charge is 2.18. The molecule has 38 heavy (non-hydrogen) atoms. The molecule has 0 spiro atoms. The molecule has 6 rings (SSSR count). The minimum atomic E-state index is -0.528. The maximum absolute atomic E-state index is 13.5. The Labute approximate surface area is 216 Å². The Morgan fingerprint density at radius 1 is 0.921 bits per heavy atom. The summed E-state index contributed by atoms with van der Waals surface area (Å²) in [5, 5.41) is 4.34. The number of fused-ring (bicyclic) bond motifs is 2. The van der Waals surface area contributed by atoms with Crippen molar-refractivity contribution < 1.29 is 14.3 Å². The predicted octanol–water partition coefficient (Wildman–Crippen LogP) is 5.32. The zero-order valence-corrected chi connectivity index (χ0v) is 20.2. The minimum Gasteiger partial charge on any atom is -0.497 e. The number of hydrogen-bond acceptors (Lipinski definition) is 6. The second-order valence-electron chi connectivity index (χ2n) is 8.44. The van der Waals surface area contributed by atoms with Crippen molar-refractivity contribution >= 4 is 33.7 Å². The van der Waals surface area contributed by atoms with Crippen LogP contribution in [0.2, 0.25) is 0 Å². The first-order chi connectivity index (χ1) is 18.6. The fourth-order valence-corrected chi connectivity index (χ4v) is 4.23. The number of aromatic amines is 1. The Morgan fingerprint density at radius 3 is 2.50 bits per heavy atom. The van der Waals surface area contributed by atoms with Crippen LogP contribution in [0, 0.1) is 0 Å². The number of rotatable bonds is 6. The molecule has 0 bridgehead atoms. The van der Waals surface area contributed by atoms with Gasteiger partial charge in [-0.2, -0.15) is 0 Å². The van der Waals surface area contributed by atoms with Crippen molar-refractivity contribution in [1.82, 2.24) is 19.5 Å². The lowest BCUT2D eigenvalue weighted by molar-refractivity contribution is 0.102. The lowest BCUT2D eigenvalue weighted by atomic mass is 10.1. The molecular weight excluding hydrogens is 482 g/mol. The lowest BCUT2D eigenvalue weighted by Crippen LogP contribution is -2.29. The molecular formula is C29H21N5O4. The van der Waals surface area contributed by atoms with Crippen LogP contribution in [0.1, 0.15) is 10.4 Å². The van der Waals surface area contributed by atoms with Crippen molar-refractivity contribution in [2.75, 3.05) is 12.4 Å². The molecule has 1 amide bonds. The molecule has 0 fully saturated rings. The molecule has 0 atom stereocenters. The summed E-state index contributed by atoms with van der Waals surface area (Å²) in [5.74, 6) is 1.38. The fraction of sp³-hybridized carbons (Fsp3) is 0.0345. The van der Waals surface area contributed by atoms with Gasteiger partial charge >= 0.3 is 0 Å². The molecule has 9 nitrogen and oxygen atoms in total. The molecule has 2 aromatic carbocycles. The molecule has 6 aromatic rings. The number of aromatic nitrogens is 4. The summed E-state index contributed by atoms with van der Waals surface area (Å²) in [6.45, 7) is 0. The van der Waals surface area contributed by atoms with Crippen molar-refractivity contribution in [1.29, 1.82) is 0 Å². The van der Waals surface area contributed by atoms with E-state index in [1.165, 1.54) is 4.57 Å². The summed E-state index contributed by atoms with van der Waals surface area (Å²) in [6.07, 6.45) is 5.08. The van der Waals surface area contributed by atoms with E-state index < -0.39 is 11.5 Å². The first-order valence-corrected chi connectivity index (χ1v) is 11.8. The van der Waals surface area contributed by atoms with Crippen molar-refractivity contribution in [3.8, 4) is 22.9 Å². The van der Waals surface area contributed by atoms with Gasteiger partial charge in [0, 0.05) is 29.7 Å². The third kappa shape index (κ3) is 4.22. The third-order valence-corrected chi connectivity index (χ3v) is 6.10. The van der Waals surface area contributed by atoms with Gasteiger partial charge in [-0.1, -0.05) is 0 Å². The number of pyridine rings is 3. The van der Waals surface area contributed by atoms with Crippen LogP contribution in [0.25, 0.3) is 27.8 Å². The fourth-order valence-electron chi connectivity index (χ4n) is 4.23. The summed E-state index contributed by atoms with van der Waals surface area (Å²) in [4.78, 5) is 38.5. The number of methoxy groups -OCH3 is 1. The van der Waals surface area contributed by atoms with Crippen LogP contribution in [0.4, 0.5) is 5.69 Å². The van der Waals surface area contributed by atoms with E-state index in [-0.39, 0.29) is 5.56 Å². The standard InChI is InChI=1S/C29H21N5O4/c1-37-21-10-6-20(7-11-21)34-27-18(3-2-14-32-27)17-24(29(34)36)28(35)33-19-4-8-22(9-5-19)38-25-13-16-31-26-23(25)12-15-30-26/h2-17H,1H3,(H,30,31)(H,33,35). The number of nitrogens with zero attached hydrogens (tertiary/aromatic N) is 3. The normalized spacial score (nSPS) is 11.0. The van der Waals surface area contributed by atoms with E-state index in [1.807, 2.05) is 12.1 Å². The van der Waals surface area contributed by atoms with Gasteiger partial charge in [0.15, 0.2) is 0 Å². The molecule has 9 heteroatoms. The smallest absolute Gasteiger partial charge is 0.269 e. The largest absolute Gasteiger partial charge is 0.497 e. The van der Waals surface area contributed by atoms with E-state index in [9.17, 15) is 9.59 Å². The van der Waals surface area contributed by atoms with Crippen molar-refractivity contribution in [2.45, 2.75) is 0 Å². The number of hydrogen-bond donors (Lipinski definition) is 2. The second-order valence-corrected chi connectivity index (χ2v) is 8.44. The molecule has 4 heterocycles. The Bertz CT molecular complexity index is 1840. The maximum Gasteiger partial charge on any atom is 0.269 e. The summed E-state index contributed by atoms with van der Waals surface area (Å²) in [5.41, 5.74) is 1.79. The van der Waals surface area contributed by atoms with Gasteiger partial charge in [0.25, 0.3) is 11.5 Å². The van der Waals surface area contributed by atoms with E-state index >= 15 is 0 Å². The summed E-state index contributed by atoms with van der Waals surface area (Å²) in [7, 11) is 1.57. The zero-order valence-electron chi connectivity index (χ0n) is 20.2. The summed E-state index contributed by atoms with van der Waals surface area (Å²) in [6, 6.07) is 22.7. The molecule has 0 saturated heterocycles. The molecule has 0 saturated carbocycles. The quantitative estimate of drug-likeness (QED) is 0.318. The van der Waals surface area contributed by atoms with Gasteiger partial charge in [-0.25, -0.2) is 9.97 Å². The molecule has 0 aliphatic heterocycles. The molecule has 0 aliphatic rings. The van der Waals surface area contributed by atoms with E-state index in [4.69, 9.17) is 9.47 Å². The Kier molecular flexibility index (Phi) is 5.78. The first kappa shape index (κ1) is 23.0. The number of benzene rings is 2.